The van der Waals surface area contributed by atoms with E-state index in [1.165, 1.54) is 0 Å². The predicted molar refractivity (Wildman–Crippen MR) is 228 cm³/mol. The molecule has 0 aromatic rings. The number of hydrogen-bond donors (Lipinski definition) is 4. The third-order valence-electron chi connectivity index (χ3n) is 8.39. The normalized spacial score (nSPS) is 21.9. The molecule has 0 radical (unpaired) electrons. The van der Waals surface area contributed by atoms with Crippen LogP contribution < -0.4 is 0 Å². The van der Waals surface area contributed by atoms with Gasteiger partial charge in [-0.3, -0.25) is 4.79 Å². The van der Waals surface area contributed by atoms with E-state index >= 15 is 0 Å². The largest absolute Gasteiger partial charge is 0.457 e. The number of carbonyl (C=O) groups excluding carboxylic acids is 1. The lowest BCUT2D eigenvalue weighted by molar-refractivity contribution is -0.305. The van der Waals surface area contributed by atoms with Crippen LogP contribution in [-0.4, -0.2) is 89.6 Å². The molecule has 0 aliphatic carbocycles. The number of unbranched alkanes of at least 4 members (excludes halogenated alkanes) is 1. The van der Waals surface area contributed by atoms with Crippen LogP contribution in [0.2, 0.25) is 0 Å². The summed E-state index contributed by atoms with van der Waals surface area (Å²) in [5.41, 5.74) is 0. The first kappa shape index (κ1) is 50.6. The summed E-state index contributed by atoms with van der Waals surface area (Å²) in [5, 5.41) is 40.0. The summed E-state index contributed by atoms with van der Waals surface area (Å²) in [6.45, 7) is 3.99. The molecule has 1 heterocycles. The second kappa shape index (κ2) is 37.2. The van der Waals surface area contributed by atoms with Gasteiger partial charge in [0, 0.05) is 6.42 Å². The molecule has 1 rings (SSSR count). The van der Waals surface area contributed by atoms with Gasteiger partial charge in [-0.25, -0.2) is 0 Å². The van der Waals surface area contributed by atoms with Crippen LogP contribution in [0.4, 0.5) is 0 Å². The fraction of sp³-hybridized carbons (Fsp3) is 0.553. The molecule has 0 aromatic carbocycles. The first-order chi connectivity index (χ1) is 27.4. The molecule has 6 atom stereocenters. The van der Waals surface area contributed by atoms with E-state index in [-0.39, 0.29) is 19.6 Å². The Kier molecular flexibility index (Phi) is 33.6. The van der Waals surface area contributed by atoms with Crippen molar-refractivity contribution in [3.63, 3.8) is 0 Å². The Balaban J connectivity index is 2.43. The summed E-state index contributed by atoms with van der Waals surface area (Å²) in [7, 11) is 0. The molecule has 0 saturated carbocycles. The number of rotatable bonds is 32. The predicted octanol–water partition coefficient (Wildman–Crippen LogP) is 8.79. The second-order valence-electron chi connectivity index (χ2n) is 13.3. The van der Waals surface area contributed by atoms with Crippen molar-refractivity contribution in [2.24, 2.45) is 0 Å². The number of aliphatic hydroxyl groups is 4. The molecule has 9 nitrogen and oxygen atoms in total. The summed E-state index contributed by atoms with van der Waals surface area (Å²) in [6.07, 6.45) is 46.8. The highest BCUT2D eigenvalue weighted by molar-refractivity contribution is 5.69. The minimum Gasteiger partial charge on any atom is -0.457 e. The first-order valence-electron chi connectivity index (χ1n) is 20.6. The summed E-state index contributed by atoms with van der Waals surface area (Å²) in [4.78, 5) is 12.7. The van der Waals surface area contributed by atoms with Gasteiger partial charge in [-0.05, 0) is 83.5 Å². The zero-order valence-corrected chi connectivity index (χ0v) is 34.1. The quantitative estimate of drug-likeness (QED) is 0.0300. The molecule has 56 heavy (non-hydrogen) atoms. The highest BCUT2D eigenvalue weighted by Gasteiger charge is 2.44. The van der Waals surface area contributed by atoms with Crippen molar-refractivity contribution in [2.75, 3.05) is 26.4 Å². The molecule has 1 fully saturated rings. The van der Waals surface area contributed by atoms with Crippen molar-refractivity contribution >= 4 is 5.97 Å². The number of esters is 1. The SMILES string of the molecule is CC/C=C\C/C=C\C/C=C\C/C=C\C/C=C\CCCC(=O)OC(COCC/C=C\C/C=C\C/C=C\C/C=C\C/C=C\CC)COC1OC(CO)C(O)C(O)C1O. The van der Waals surface area contributed by atoms with Gasteiger partial charge in [-0.1, -0.05) is 135 Å². The van der Waals surface area contributed by atoms with Crippen molar-refractivity contribution in [1.82, 2.24) is 0 Å². The van der Waals surface area contributed by atoms with E-state index in [4.69, 9.17) is 18.9 Å². The summed E-state index contributed by atoms with van der Waals surface area (Å²) in [5.74, 6) is -0.402. The van der Waals surface area contributed by atoms with Gasteiger partial charge in [-0.2, -0.15) is 0 Å². The third kappa shape index (κ3) is 28.1. The van der Waals surface area contributed by atoms with Crippen LogP contribution in [0, 0.1) is 0 Å². The molecular formula is C47H72O9. The number of hydrogen-bond acceptors (Lipinski definition) is 9. The van der Waals surface area contributed by atoms with E-state index in [1.807, 2.05) is 6.08 Å². The molecule has 6 unspecified atom stereocenters. The first-order valence-corrected chi connectivity index (χ1v) is 20.6. The number of aliphatic hydroxyl groups excluding tert-OH is 4. The van der Waals surface area contributed by atoms with E-state index in [0.29, 0.717) is 19.4 Å². The van der Waals surface area contributed by atoms with E-state index in [1.54, 1.807) is 0 Å². The molecule has 1 saturated heterocycles. The highest BCUT2D eigenvalue weighted by Crippen LogP contribution is 2.22. The van der Waals surface area contributed by atoms with Gasteiger partial charge in [0.2, 0.25) is 0 Å². The lowest BCUT2D eigenvalue weighted by atomic mass is 9.99. The van der Waals surface area contributed by atoms with Crippen LogP contribution in [0.15, 0.2) is 122 Å². The number of ether oxygens (including phenoxy) is 4. The van der Waals surface area contributed by atoms with E-state index in [0.717, 1.165) is 70.6 Å². The zero-order valence-electron chi connectivity index (χ0n) is 34.1. The van der Waals surface area contributed by atoms with Crippen molar-refractivity contribution < 1.29 is 44.2 Å². The van der Waals surface area contributed by atoms with Crippen LogP contribution in [0.3, 0.4) is 0 Å². The van der Waals surface area contributed by atoms with Crippen LogP contribution in [0.25, 0.3) is 0 Å². The number of carbonyl (C=O) groups is 1. The maximum absolute atomic E-state index is 12.7. The Hall–Kier alpha value is -3.41. The Bertz CT molecular complexity index is 1250. The fourth-order valence-electron chi connectivity index (χ4n) is 5.24. The molecule has 9 heteroatoms. The van der Waals surface area contributed by atoms with Crippen molar-refractivity contribution in [3.05, 3.63) is 122 Å². The van der Waals surface area contributed by atoms with Gasteiger partial charge in [0.1, 0.15) is 30.5 Å². The maximum Gasteiger partial charge on any atom is 0.306 e. The minimum absolute atomic E-state index is 0.0582. The Morgan fingerprint density at radius 1 is 0.571 bits per heavy atom. The van der Waals surface area contributed by atoms with E-state index < -0.39 is 49.4 Å². The van der Waals surface area contributed by atoms with Crippen LogP contribution in [-0.2, 0) is 23.7 Å². The van der Waals surface area contributed by atoms with Gasteiger partial charge < -0.3 is 39.4 Å². The Labute approximate surface area is 337 Å². The van der Waals surface area contributed by atoms with Crippen molar-refractivity contribution in [2.45, 2.75) is 141 Å². The third-order valence-corrected chi connectivity index (χ3v) is 8.39. The monoisotopic (exact) mass is 781 g/mol. The van der Waals surface area contributed by atoms with Crippen LogP contribution in [0.5, 0.6) is 0 Å². The van der Waals surface area contributed by atoms with Crippen molar-refractivity contribution in [1.29, 1.82) is 0 Å². The topological polar surface area (TPSA) is 135 Å². The van der Waals surface area contributed by atoms with Gasteiger partial charge in [0.15, 0.2) is 6.29 Å². The molecule has 0 amide bonds. The maximum atomic E-state index is 12.7. The average Bonchev–Trinajstić information content (AvgIpc) is 3.20. The summed E-state index contributed by atoms with van der Waals surface area (Å²) >= 11 is 0. The summed E-state index contributed by atoms with van der Waals surface area (Å²) in [6, 6.07) is 0. The second-order valence-corrected chi connectivity index (χ2v) is 13.3. The van der Waals surface area contributed by atoms with Crippen LogP contribution >= 0.6 is 0 Å². The molecule has 1 aliphatic heterocycles. The van der Waals surface area contributed by atoms with Crippen LogP contribution in [0.1, 0.15) is 104 Å². The molecule has 4 N–H and O–H groups in total. The van der Waals surface area contributed by atoms with Gasteiger partial charge in [0.05, 0.1) is 26.4 Å². The summed E-state index contributed by atoms with van der Waals surface area (Å²) < 4.78 is 22.6. The Morgan fingerprint density at radius 3 is 1.45 bits per heavy atom. The standard InChI is InChI=1S/C47H72O9/c1-3-5-7-9-11-13-15-17-19-21-22-24-26-28-30-32-34-36-43(49)55-41(40-54-47-46(52)45(51)44(50)42(38-48)56-47)39-53-37-35-33-31-29-27-25-23-20-18-16-14-12-10-8-6-4-2/h5-8,11-14,17-20,22,24-25,27-28,30-31,33,41-42,44-48,50-52H,3-4,9-10,15-16,21,23,26,29,32,34-40H2,1-2H3/b7-5-,8-6-,13-11-,14-12-,19-17-,20-18-,24-22-,27-25-,30-28-,33-31-. The molecule has 0 aromatic heterocycles. The Morgan fingerprint density at radius 2 is 1.00 bits per heavy atom. The van der Waals surface area contributed by atoms with Gasteiger partial charge in [0.25, 0.3) is 0 Å². The molecule has 0 bridgehead atoms. The number of allylic oxidation sites excluding steroid dienone is 19. The average molecular weight is 781 g/mol. The zero-order chi connectivity index (χ0) is 40.7. The highest BCUT2D eigenvalue weighted by atomic mass is 16.7. The molecule has 1 aliphatic rings. The van der Waals surface area contributed by atoms with E-state index in [9.17, 15) is 25.2 Å². The lowest BCUT2D eigenvalue weighted by Crippen LogP contribution is -2.59. The molecular weight excluding hydrogens is 709 g/mol. The van der Waals surface area contributed by atoms with Gasteiger partial charge in [-0.15, -0.1) is 0 Å². The molecule has 0 spiro atoms. The molecule has 314 valence electrons. The minimum atomic E-state index is -1.57. The smallest absolute Gasteiger partial charge is 0.306 e. The van der Waals surface area contributed by atoms with Crippen molar-refractivity contribution in [3.8, 4) is 0 Å². The fourth-order valence-corrected chi connectivity index (χ4v) is 5.24. The van der Waals surface area contributed by atoms with E-state index in [2.05, 4.69) is 129 Å². The lowest BCUT2D eigenvalue weighted by Gasteiger charge is -2.39. The van der Waals surface area contributed by atoms with Gasteiger partial charge >= 0.3 is 5.97 Å².